The topological polar surface area (TPSA) is 78.3 Å². The van der Waals surface area contributed by atoms with Gasteiger partial charge in [0.15, 0.2) is 0 Å². The van der Waals surface area contributed by atoms with Gasteiger partial charge in [-0.3, -0.25) is 4.79 Å². The fourth-order valence-corrected chi connectivity index (χ4v) is 4.77. The van der Waals surface area contributed by atoms with Crippen molar-refractivity contribution in [2.75, 3.05) is 12.8 Å². The zero-order valence-electron chi connectivity index (χ0n) is 17.0. The van der Waals surface area contributed by atoms with Gasteiger partial charge in [-0.05, 0) is 54.6 Å². The molecular weight excluding hydrogens is 444 g/mol. The number of benzene rings is 2. The molecule has 0 fully saturated rings. The molecule has 0 amide bonds. The predicted molar refractivity (Wildman–Crippen MR) is 129 cm³/mol. The maximum Gasteiger partial charge on any atom is 0.205 e. The molecule has 3 aromatic heterocycles. The number of halogens is 1. The molecule has 0 bridgehead atoms. The van der Waals surface area contributed by atoms with Gasteiger partial charge in [0.1, 0.15) is 21.2 Å². The molecule has 5 rings (SSSR count). The molecule has 0 aliphatic heterocycles. The largest absolute Gasteiger partial charge is 0.497 e. The number of furan rings is 1. The maximum atomic E-state index is 13.3. The maximum absolute atomic E-state index is 13.3. The lowest BCUT2D eigenvalue weighted by Gasteiger charge is -2.07. The number of ketones is 1. The Morgan fingerprint density at radius 1 is 1.09 bits per heavy atom. The Hall–Kier alpha value is -3.61. The van der Waals surface area contributed by atoms with Crippen LogP contribution in [0.1, 0.15) is 15.2 Å². The van der Waals surface area contributed by atoms with Gasteiger partial charge in [0.2, 0.25) is 5.78 Å². The highest BCUT2D eigenvalue weighted by Gasteiger charge is 2.23. The number of anilines is 1. The van der Waals surface area contributed by atoms with Crippen LogP contribution in [0, 0.1) is 0 Å². The normalized spacial score (nSPS) is 11.1. The van der Waals surface area contributed by atoms with Crippen molar-refractivity contribution < 1.29 is 13.9 Å². The lowest BCUT2D eigenvalue weighted by Crippen LogP contribution is -2.02. The van der Waals surface area contributed by atoms with Crippen LogP contribution in [-0.4, -0.2) is 17.9 Å². The van der Waals surface area contributed by atoms with Crippen molar-refractivity contribution in [3.8, 4) is 28.3 Å². The zero-order valence-corrected chi connectivity index (χ0v) is 18.5. The first-order valence-electron chi connectivity index (χ1n) is 9.76. The molecule has 32 heavy (non-hydrogen) atoms. The predicted octanol–water partition coefficient (Wildman–Crippen LogP) is 6.70. The summed E-state index contributed by atoms with van der Waals surface area (Å²) >= 11 is 7.32. The van der Waals surface area contributed by atoms with E-state index in [0.29, 0.717) is 42.9 Å². The van der Waals surface area contributed by atoms with Crippen LogP contribution in [0.4, 0.5) is 5.69 Å². The Kier molecular flexibility index (Phi) is 5.17. The van der Waals surface area contributed by atoms with Crippen LogP contribution in [0.15, 0.2) is 77.4 Å². The number of nitrogens with zero attached hydrogens (tertiary/aromatic N) is 1. The van der Waals surface area contributed by atoms with Crippen molar-refractivity contribution in [1.29, 1.82) is 0 Å². The fraction of sp³-hybridized carbons (Fsp3) is 0.0400. The Morgan fingerprint density at radius 3 is 2.50 bits per heavy atom. The van der Waals surface area contributed by atoms with Crippen LogP contribution in [0.5, 0.6) is 5.75 Å². The van der Waals surface area contributed by atoms with E-state index < -0.39 is 0 Å². The minimum atomic E-state index is -0.161. The monoisotopic (exact) mass is 460 g/mol. The van der Waals surface area contributed by atoms with Crippen LogP contribution in [0.3, 0.4) is 0 Å². The minimum Gasteiger partial charge on any atom is -0.497 e. The van der Waals surface area contributed by atoms with Crippen LogP contribution < -0.4 is 10.5 Å². The third kappa shape index (κ3) is 3.53. The summed E-state index contributed by atoms with van der Waals surface area (Å²) in [6, 6.07) is 20.0. The fourth-order valence-electron chi connectivity index (χ4n) is 3.56. The smallest absolute Gasteiger partial charge is 0.205 e. The summed E-state index contributed by atoms with van der Waals surface area (Å²) in [7, 11) is 1.58. The number of ether oxygens (including phenoxy) is 1. The summed E-state index contributed by atoms with van der Waals surface area (Å²) in [5, 5.41) is 1.35. The van der Waals surface area contributed by atoms with Gasteiger partial charge < -0.3 is 14.9 Å². The van der Waals surface area contributed by atoms with E-state index in [1.807, 2.05) is 42.5 Å². The van der Waals surface area contributed by atoms with Gasteiger partial charge in [-0.2, -0.15) is 0 Å². The zero-order chi connectivity index (χ0) is 22.2. The number of nitrogens with two attached hydrogens (primary N) is 1. The lowest BCUT2D eigenvalue weighted by molar-refractivity contribution is 0.104. The first-order valence-corrected chi connectivity index (χ1v) is 11.0. The summed E-state index contributed by atoms with van der Waals surface area (Å²) in [6.07, 6.45) is 1.61. The molecule has 0 unspecified atom stereocenters. The van der Waals surface area contributed by atoms with Gasteiger partial charge in [-0.1, -0.05) is 23.7 Å². The van der Waals surface area contributed by atoms with E-state index in [0.717, 1.165) is 16.8 Å². The molecule has 3 heterocycles. The van der Waals surface area contributed by atoms with Gasteiger partial charge in [0.05, 0.1) is 24.8 Å². The summed E-state index contributed by atoms with van der Waals surface area (Å²) in [4.78, 5) is 19.2. The van der Waals surface area contributed by atoms with Gasteiger partial charge in [0, 0.05) is 27.1 Å². The number of hydrogen-bond acceptors (Lipinski definition) is 6. The summed E-state index contributed by atoms with van der Waals surface area (Å²) < 4.78 is 10.9. The highest BCUT2D eigenvalue weighted by molar-refractivity contribution is 7.21. The second kappa shape index (κ2) is 8.15. The Morgan fingerprint density at radius 2 is 1.84 bits per heavy atom. The van der Waals surface area contributed by atoms with E-state index in [1.54, 1.807) is 37.6 Å². The molecular formula is C25H17ClN2O3S. The van der Waals surface area contributed by atoms with Gasteiger partial charge in [0.25, 0.3) is 0 Å². The Balaban J connectivity index is 1.70. The summed E-state index contributed by atoms with van der Waals surface area (Å²) in [6.45, 7) is 0. The molecule has 2 aromatic carbocycles. The molecule has 5 nitrogen and oxygen atoms in total. The molecule has 0 aliphatic rings. The van der Waals surface area contributed by atoms with Crippen molar-refractivity contribution in [2.45, 2.75) is 0 Å². The number of methoxy groups -OCH3 is 1. The van der Waals surface area contributed by atoms with Gasteiger partial charge >= 0.3 is 0 Å². The second-order valence-corrected chi connectivity index (χ2v) is 8.56. The number of hydrogen-bond donors (Lipinski definition) is 1. The molecule has 7 heteroatoms. The first kappa shape index (κ1) is 20.3. The highest BCUT2D eigenvalue weighted by atomic mass is 35.5. The molecule has 0 aliphatic carbocycles. The average molecular weight is 461 g/mol. The van der Waals surface area contributed by atoms with E-state index in [9.17, 15) is 4.79 Å². The van der Waals surface area contributed by atoms with Crippen molar-refractivity contribution >= 4 is 44.6 Å². The van der Waals surface area contributed by atoms with E-state index in [4.69, 9.17) is 31.5 Å². The molecule has 0 spiro atoms. The number of pyridine rings is 1. The van der Waals surface area contributed by atoms with E-state index >= 15 is 0 Å². The SMILES string of the molecule is COc1ccc(C(=O)c2sc3nc(-c4ccc(Cl)cc4)cc(-c4ccco4)c3c2N)cc1. The van der Waals surface area contributed by atoms with Crippen molar-refractivity contribution in [2.24, 2.45) is 0 Å². The second-order valence-electron chi connectivity index (χ2n) is 7.12. The third-order valence-corrected chi connectivity index (χ3v) is 6.53. The van der Waals surface area contributed by atoms with Crippen LogP contribution in [0.25, 0.3) is 32.8 Å². The molecule has 0 radical (unpaired) electrons. The first-order chi connectivity index (χ1) is 15.5. The number of fused-ring (bicyclic) bond motifs is 1. The quantitative estimate of drug-likeness (QED) is 0.295. The highest BCUT2D eigenvalue weighted by Crippen LogP contribution is 2.42. The average Bonchev–Trinajstić information content (AvgIpc) is 3.47. The molecule has 0 saturated heterocycles. The van der Waals surface area contributed by atoms with E-state index in [-0.39, 0.29) is 5.78 Å². The van der Waals surface area contributed by atoms with E-state index in [2.05, 4.69) is 0 Å². The van der Waals surface area contributed by atoms with Crippen LogP contribution in [0.2, 0.25) is 5.02 Å². The van der Waals surface area contributed by atoms with Gasteiger partial charge in [-0.25, -0.2) is 4.98 Å². The molecule has 158 valence electrons. The minimum absolute atomic E-state index is 0.161. The molecule has 2 N–H and O–H groups in total. The molecule has 0 atom stereocenters. The van der Waals surface area contributed by atoms with Crippen molar-refractivity contribution in [1.82, 2.24) is 4.98 Å². The number of carbonyl (C=O) groups excluding carboxylic acids is 1. The number of rotatable bonds is 5. The number of aromatic nitrogens is 1. The van der Waals surface area contributed by atoms with Crippen molar-refractivity contribution in [3.05, 3.63) is 88.5 Å². The number of nitrogen functional groups attached to an aromatic ring is 1. The Labute approximate surface area is 193 Å². The number of carbonyl (C=O) groups is 1. The molecule has 0 saturated carbocycles. The van der Waals surface area contributed by atoms with Crippen molar-refractivity contribution in [3.63, 3.8) is 0 Å². The summed E-state index contributed by atoms with van der Waals surface area (Å²) in [5.41, 5.74) is 9.87. The number of thiophene rings is 1. The Bertz CT molecular complexity index is 1420. The lowest BCUT2D eigenvalue weighted by atomic mass is 10.0. The molecule has 5 aromatic rings. The van der Waals surface area contributed by atoms with E-state index in [1.165, 1.54) is 11.3 Å². The van der Waals surface area contributed by atoms with Crippen LogP contribution in [-0.2, 0) is 0 Å². The third-order valence-electron chi connectivity index (χ3n) is 5.18. The summed E-state index contributed by atoms with van der Waals surface area (Å²) in [5.74, 6) is 1.17. The standard InChI is InChI=1S/C25H17ClN2O3S/c1-30-17-10-6-15(7-11-17)23(29)24-22(27)21-18(20-3-2-12-31-20)13-19(28-25(21)32-24)14-4-8-16(26)9-5-14/h2-13H,27H2,1H3. The van der Waals surface area contributed by atoms with Crippen LogP contribution >= 0.6 is 22.9 Å². The van der Waals surface area contributed by atoms with Gasteiger partial charge in [-0.15, -0.1) is 11.3 Å².